The number of carbonyl (C=O) groups is 1. The molecule has 3 nitrogen and oxygen atoms in total. The number of benzene rings is 1. The summed E-state index contributed by atoms with van der Waals surface area (Å²) >= 11 is 0. The van der Waals surface area contributed by atoms with Crippen molar-refractivity contribution in [1.29, 1.82) is 0 Å². The van der Waals surface area contributed by atoms with Gasteiger partial charge in [-0.3, -0.25) is 4.79 Å². The molecule has 0 aliphatic rings. The molecule has 1 unspecified atom stereocenters. The lowest BCUT2D eigenvalue weighted by Crippen LogP contribution is -2.29. The Morgan fingerprint density at radius 2 is 1.94 bits per heavy atom. The average Bonchev–Trinajstić information content (AvgIpc) is 2.27. The summed E-state index contributed by atoms with van der Waals surface area (Å²) in [4.78, 5) is 11.4. The third kappa shape index (κ3) is 4.53. The van der Waals surface area contributed by atoms with Crippen molar-refractivity contribution in [1.82, 2.24) is 0 Å². The molecular formula is C14H22O3Si. The van der Waals surface area contributed by atoms with E-state index in [1.54, 1.807) is 7.11 Å². The van der Waals surface area contributed by atoms with Crippen LogP contribution in [0.4, 0.5) is 0 Å². The minimum atomic E-state index is -1.39. The zero-order valence-corrected chi connectivity index (χ0v) is 12.6. The van der Waals surface area contributed by atoms with Gasteiger partial charge in [0.1, 0.15) is 5.75 Å². The van der Waals surface area contributed by atoms with Crippen LogP contribution < -0.4 is 4.74 Å². The van der Waals surface area contributed by atoms with Gasteiger partial charge in [0.2, 0.25) is 0 Å². The molecule has 18 heavy (non-hydrogen) atoms. The van der Waals surface area contributed by atoms with Crippen LogP contribution in [0, 0.1) is 5.92 Å². The number of hydrogen-bond acceptors (Lipinski definition) is 2. The smallest absolute Gasteiger partial charge is 0.306 e. The fourth-order valence-electron chi connectivity index (χ4n) is 2.12. The summed E-state index contributed by atoms with van der Waals surface area (Å²) in [6, 6.07) is 8.43. The minimum absolute atomic E-state index is 0.312. The number of rotatable bonds is 6. The van der Waals surface area contributed by atoms with Crippen LogP contribution in [0.25, 0.3) is 0 Å². The Labute approximate surface area is 110 Å². The molecule has 0 bridgehead atoms. The van der Waals surface area contributed by atoms with E-state index >= 15 is 0 Å². The molecule has 0 aromatic heterocycles. The summed E-state index contributed by atoms with van der Waals surface area (Å²) in [5, 5.41) is 9.34. The van der Waals surface area contributed by atoms with Gasteiger partial charge in [0.15, 0.2) is 0 Å². The van der Waals surface area contributed by atoms with E-state index in [0.29, 0.717) is 6.42 Å². The van der Waals surface area contributed by atoms with E-state index in [1.165, 1.54) is 0 Å². The fourth-order valence-corrected chi connectivity index (χ4v) is 3.92. The summed E-state index contributed by atoms with van der Waals surface area (Å²) in [5.74, 6) is -0.240. The van der Waals surface area contributed by atoms with E-state index in [0.717, 1.165) is 17.4 Å². The zero-order chi connectivity index (χ0) is 13.8. The third-order valence-electron chi connectivity index (χ3n) is 2.87. The van der Waals surface area contributed by atoms with Gasteiger partial charge in [-0.1, -0.05) is 37.8 Å². The molecule has 0 heterocycles. The van der Waals surface area contributed by atoms with Gasteiger partial charge in [0.05, 0.1) is 13.0 Å². The number of aliphatic carboxylic acids is 1. The second-order valence-corrected chi connectivity index (χ2v) is 11.3. The molecule has 0 amide bonds. The molecule has 0 saturated heterocycles. The molecule has 0 radical (unpaired) electrons. The average molecular weight is 266 g/mol. The molecule has 4 heteroatoms. The van der Waals surface area contributed by atoms with Crippen LogP contribution in [0.1, 0.15) is 5.56 Å². The van der Waals surface area contributed by atoms with Crippen molar-refractivity contribution in [3.8, 4) is 5.75 Å². The SMILES string of the molecule is COc1ccccc1CC(C[Si](C)(C)C)C(=O)O. The predicted molar refractivity (Wildman–Crippen MR) is 76.0 cm³/mol. The highest BCUT2D eigenvalue weighted by Gasteiger charge is 2.26. The molecule has 1 rings (SSSR count). The second-order valence-electron chi connectivity index (χ2n) is 5.82. The normalized spacial score (nSPS) is 13.1. The zero-order valence-electron chi connectivity index (χ0n) is 11.6. The standard InChI is InChI=1S/C14H22O3Si/c1-17-13-8-6-5-7-11(13)9-12(14(15)16)10-18(2,3)4/h5-8,12H,9-10H2,1-4H3,(H,15,16). The van der Waals surface area contributed by atoms with Gasteiger partial charge in [0, 0.05) is 8.07 Å². The monoisotopic (exact) mass is 266 g/mol. The third-order valence-corrected chi connectivity index (χ3v) is 4.58. The number of hydrogen-bond donors (Lipinski definition) is 1. The first kappa shape index (κ1) is 14.8. The topological polar surface area (TPSA) is 46.5 Å². The Morgan fingerprint density at radius 1 is 1.33 bits per heavy atom. The molecule has 1 aromatic carbocycles. The van der Waals surface area contributed by atoms with Gasteiger partial charge in [-0.25, -0.2) is 0 Å². The van der Waals surface area contributed by atoms with Crippen molar-refractivity contribution in [3.05, 3.63) is 29.8 Å². The highest BCUT2D eigenvalue weighted by Crippen LogP contribution is 2.26. The summed E-state index contributed by atoms with van der Waals surface area (Å²) < 4.78 is 5.27. The maximum atomic E-state index is 11.4. The Kier molecular flexibility index (Phi) is 4.96. The molecule has 1 atom stereocenters. The first-order valence-electron chi connectivity index (χ1n) is 6.18. The summed E-state index contributed by atoms with van der Waals surface area (Å²) in [7, 11) is 0.232. The largest absolute Gasteiger partial charge is 0.496 e. The van der Waals surface area contributed by atoms with Crippen LogP contribution >= 0.6 is 0 Å². The predicted octanol–water partition coefficient (Wildman–Crippen LogP) is 3.28. The van der Waals surface area contributed by atoms with Gasteiger partial charge < -0.3 is 9.84 Å². The first-order valence-corrected chi connectivity index (χ1v) is 9.89. The Morgan fingerprint density at radius 3 is 2.44 bits per heavy atom. The van der Waals surface area contributed by atoms with E-state index < -0.39 is 14.0 Å². The van der Waals surface area contributed by atoms with Gasteiger partial charge in [-0.15, -0.1) is 0 Å². The second kappa shape index (κ2) is 6.04. The first-order chi connectivity index (χ1) is 8.33. The van der Waals surface area contributed by atoms with Gasteiger partial charge in [-0.05, 0) is 24.1 Å². The van der Waals surface area contributed by atoms with E-state index in [-0.39, 0.29) is 5.92 Å². The summed E-state index contributed by atoms with van der Waals surface area (Å²) in [5.41, 5.74) is 0.977. The van der Waals surface area contributed by atoms with Crippen LogP contribution in [0.15, 0.2) is 24.3 Å². The Bertz CT molecular complexity index is 410. The maximum absolute atomic E-state index is 11.4. The summed E-state index contributed by atoms with van der Waals surface area (Å²) in [6.45, 7) is 6.60. The lowest BCUT2D eigenvalue weighted by molar-refractivity contribution is -0.141. The molecule has 0 saturated carbocycles. The molecule has 0 fully saturated rings. The maximum Gasteiger partial charge on any atom is 0.306 e. The Balaban J connectivity index is 2.87. The van der Waals surface area contributed by atoms with E-state index in [4.69, 9.17) is 4.74 Å². The van der Waals surface area contributed by atoms with Gasteiger partial charge >= 0.3 is 5.97 Å². The van der Waals surface area contributed by atoms with Gasteiger partial charge in [-0.2, -0.15) is 0 Å². The van der Waals surface area contributed by atoms with Crippen molar-refractivity contribution in [3.63, 3.8) is 0 Å². The van der Waals surface area contributed by atoms with Gasteiger partial charge in [0.25, 0.3) is 0 Å². The van der Waals surface area contributed by atoms with Crippen molar-refractivity contribution >= 4 is 14.0 Å². The van der Waals surface area contributed by atoms with E-state index in [9.17, 15) is 9.90 Å². The molecule has 1 N–H and O–H groups in total. The summed E-state index contributed by atoms with van der Waals surface area (Å²) in [6.07, 6.45) is 0.545. The molecular weight excluding hydrogens is 244 g/mol. The number of ether oxygens (including phenoxy) is 1. The van der Waals surface area contributed by atoms with Crippen LogP contribution in [-0.4, -0.2) is 26.3 Å². The lowest BCUT2D eigenvalue weighted by Gasteiger charge is -2.22. The number of carboxylic acids is 1. The van der Waals surface area contributed by atoms with Crippen molar-refractivity contribution in [2.45, 2.75) is 32.1 Å². The highest BCUT2D eigenvalue weighted by atomic mass is 28.3. The Hall–Kier alpha value is -1.29. The van der Waals surface area contributed by atoms with Crippen LogP contribution in [0.5, 0.6) is 5.75 Å². The van der Waals surface area contributed by atoms with Crippen molar-refractivity contribution < 1.29 is 14.6 Å². The minimum Gasteiger partial charge on any atom is -0.496 e. The van der Waals surface area contributed by atoms with Crippen LogP contribution in [0.3, 0.4) is 0 Å². The van der Waals surface area contributed by atoms with Crippen molar-refractivity contribution in [2.24, 2.45) is 5.92 Å². The molecule has 0 aliphatic heterocycles. The number of carboxylic acid groups (broad SMARTS) is 1. The fraction of sp³-hybridized carbons (Fsp3) is 0.500. The number of methoxy groups -OCH3 is 1. The van der Waals surface area contributed by atoms with Crippen LogP contribution in [-0.2, 0) is 11.2 Å². The quantitative estimate of drug-likeness (QED) is 0.804. The molecule has 0 aliphatic carbocycles. The van der Waals surface area contributed by atoms with Crippen molar-refractivity contribution in [2.75, 3.05) is 7.11 Å². The number of para-hydroxylation sites is 1. The highest BCUT2D eigenvalue weighted by molar-refractivity contribution is 6.76. The molecule has 1 aromatic rings. The van der Waals surface area contributed by atoms with Crippen LogP contribution in [0.2, 0.25) is 25.7 Å². The lowest BCUT2D eigenvalue weighted by atomic mass is 10.0. The van der Waals surface area contributed by atoms with E-state index in [2.05, 4.69) is 19.6 Å². The molecule has 0 spiro atoms. The molecule has 100 valence electrons. The van der Waals surface area contributed by atoms with E-state index in [1.807, 2.05) is 24.3 Å².